The standard InChI is InChI=1S/C24H26ClN5OS/c25-19-7-8-23-21(17-19)30(20-5-1-2-6-22(20)32-23)16-4-12-26-11-3-13-28-29-24(31)18-9-14-27-15-10-18/h1-2,5-10,14-15,17,26,28H,3-4,11-13,16H2,(H,29,31). The minimum Gasteiger partial charge on any atom is -0.340 e. The van der Waals surface area contributed by atoms with Crippen molar-refractivity contribution in [2.24, 2.45) is 0 Å². The second-order valence-corrected chi connectivity index (χ2v) is 8.93. The highest BCUT2D eigenvalue weighted by molar-refractivity contribution is 7.99. The molecule has 32 heavy (non-hydrogen) atoms. The van der Waals surface area contributed by atoms with Crippen LogP contribution in [0.5, 0.6) is 0 Å². The molecule has 3 aromatic rings. The van der Waals surface area contributed by atoms with Crippen molar-refractivity contribution in [3.8, 4) is 0 Å². The van der Waals surface area contributed by atoms with Gasteiger partial charge in [-0.15, -0.1) is 0 Å². The molecule has 2 heterocycles. The summed E-state index contributed by atoms with van der Waals surface area (Å²) < 4.78 is 0. The Morgan fingerprint density at radius 3 is 2.59 bits per heavy atom. The fourth-order valence-corrected chi connectivity index (χ4v) is 4.79. The van der Waals surface area contributed by atoms with Crippen molar-refractivity contribution in [1.29, 1.82) is 0 Å². The number of benzene rings is 2. The number of hydrogen-bond acceptors (Lipinski definition) is 6. The molecule has 166 valence electrons. The first-order chi connectivity index (χ1) is 15.7. The predicted molar refractivity (Wildman–Crippen MR) is 131 cm³/mol. The molecule has 0 spiro atoms. The van der Waals surface area contributed by atoms with Crippen LogP contribution in [0.1, 0.15) is 23.2 Å². The molecule has 1 aliphatic heterocycles. The van der Waals surface area contributed by atoms with Gasteiger partial charge in [-0.05, 0) is 68.4 Å². The monoisotopic (exact) mass is 467 g/mol. The number of anilines is 2. The molecular weight excluding hydrogens is 442 g/mol. The van der Waals surface area contributed by atoms with Gasteiger partial charge in [-0.3, -0.25) is 15.2 Å². The molecule has 0 saturated carbocycles. The van der Waals surface area contributed by atoms with Crippen LogP contribution < -0.4 is 21.1 Å². The Hall–Kier alpha value is -2.58. The lowest BCUT2D eigenvalue weighted by Crippen LogP contribution is -2.38. The van der Waals surface area contributed by atoms with Gasteiger partial charge in [0.2, 0.25) is 0 Å². The molecule has 1 aromatic heterocycles. The van der Waals surface area contributed by atoms with Crippen molar-refractivity contribution >= 4 is 40.6 Å². The Morgan fingerprint density at radius 2 is 1.72 bits per heavy atom. The number of carbonyl (C=O) groups excluding carboxylic acids is 1. The first-order valence-corrected chi connectivity index (χ1v) is 11.9. The molecule has 3 N–H and O–H groups in total. The largest absolute Gasteiger partial charge is 0.340 e. The Bertz CT molecular complexity index is 1050. The van der Waals surface area contributed by atoms with E-state index >= 15 is 0 Å². The van der Waals surface area contributed by atoms with Crippen molar-refractivity contribution in [3.05, 3.63) is 77.6 Å². The number of carbonyl (C=O) groups is 1. The number of pyridine rings is 1. The van der Waals surface area contributed by atoms with Crippen LogP contribution in [0.25, 0.3) is 0 Å². The number of hydrazine groups is 1. The molecule has 2 aromatic carbocycles. The number of hydrogen-bond donors (Lipinski definition) is 3. The van der Waals surface area contributed by atoms with Crippen LogP contribution in [0.3, 0.4) is 0 Å². The smallest absolute Gasteiger partial charge is 0.265 e. The van der Waals surface area contributed by atoms with E-state index in [0.717, 1.165) is 37.5 Å². The van der Waals surface area contributed by atoms with Gasteiger partial charge < -0.3 is 10.2 Å². The lowest BCUT2D eigenvalue weighted by Gasteiger charge is -2.33. The fourth-order valence-electron chi connectivity index (χ4n) is 3.55. The average molecular weight is 468 g/mol. The van der Waals surface area contributed by atoms with E-state index in [9.17, 15) is 4.79 Å². The van der Waals surface area contributed by atoms with Gasteiger partial charge in [-0.25, -0.2) is 5.43 Å². The maximum Gasteiger partial charge on any atom is 0.265 e. The first-order valence-electron chi connectivity index (χ1n) is 10.7. The number of amides is 1. The van der Waals surface area contributed by atoms with Crippen LogP contribution in [0.15, 0.2) is 76.8 Å². The van der Waals surface area contributed by atoms with Gasteiger partial charge in [0.05, 0.1) is 11.4 Å². The second-order valence-electron chi connectivity index (χ2n) is 7.41. The van der Waals surface area contributed by atoms with E-state index < -0.39 is 0 Å². The zero-order valence-electron chi connectivity index (χ0n) is 17.7. The van der Waals surface area contributed by atoms with Gasteiger partial charge in [0.15, 0.2) is 0 Å². The highest BCUT2D eigenvalue weighted by atomic mass is 35.5. The Kier molecular flexibility index (Phi) is 8.01. The number of rotatable bonds is 10. The number of fused-ring (bicyclic) bond motifs is 2. The zero-order valence-corrected chi connectivity index (χ0v) is 19.3. The summed E-state index contributed by atoms with van der Waals surface area (Å²) in [5, 5.41) is 4.24. The molecular formula is C24H26ClN5OS. The molecule has 0 unspecified atom stereocenters. The lowest BCUT2D eigenvalue weighted by molar-refractivity contribution is 0.0933. The van der Waals surface area contributed by atoms with Crippen molar-refractivity contribution in [3.63, 3.8) is 0 Å². The highest BCUT2D eigenvalue weighted by Gasteiger charge is 2.22. The maximum absolute atomic E-state index is 11.9. The van der Waals surface area contributed by atoms with E-state index in [1.165, 1.54) is 21.2 Å². The fraction of sp³-hybridized carbons (Fsp3) is 0.250. The molecule has 1 aliphatic rings. The Morgan fingerprint density at radius 1 is 0.938 bits per heavy atom. The van der Waals surface area contributed by atoms with Gasteiger partial charge in [0.1, 0.15) is 0 Å². The van der Waals surface area contributed by atoms with E-state index in [1.807, 2.05) is 6.07 Å². The van der Waals surface area contributed by atoms with Gasteiger partial charge in [0, 0.05) is 45.9 Å². The molecule has 0 fully saturated rings. The summed E-state index contributed by atoms with van der Waals surface area (Å²) >= 11 is 8.08. The second kappa shape index (κ2) is 11.3. The third-order valence-corrected chi connectivity index (χ3v) is 6.49. The molecule has 0 radical (unpaired) electrons. The minimum atomic E-state index is -0.152. The van der Waals surface area contributed by atoms with Crippen LogP contribution in [-0.4, -0.2) is 37.1 Å². The van der Waals surface area contributed by atoms with Crippen LogP contribution in [0.2, 0.25) is 5.02 Å². The molecule has 4 rings (SSSR count). The van der Waals surface area contributed by atoms with Crippen molar-refractivity contribution < 1.29 is 4.79 Å². The van der Waals surface area contributed by atoms with Gasteiger partial charge in [-0.2, -0.15) is 0 Å². The summed E-state index contributed by atoms with van der Waals surface area (Å²) in [6.45, 7) is 3.42. The van der Waals surface area contributed by atoms with Crippen molar-refractivity contribution in [2.45, 2.75) is 22.6 Å². The summed E-state index contributed by atoms with van der Waals surface area (Å²) in [4.78, 5) is 20.7. The van der Waals surface area contributed by atoms with E-state index in [2.05, 4.69) is 62.5 Å². The Labute approximate surface area is 197 Å². The average Bonchev–Trinajstić information content (AvgIpc) is 2.83. The van der Waals surface area contributed by atoms with Crippen molar-refractivity contribution in [1.82, 2.24) is 21.2 Å². The van der Waals surface area contributed by atoms with E-state index in [4.69, 9.17) is 11.6 Å². The molecule has 0 saturated heterocycles. The number of halogens is 1. The third kappa shape index (κ3) is 5.81. The Balaban J connectivity index is 1.17. The quantitative estimate of drug-likeness (QED) is 0.298. The predicted octanol–water partition coefficient (Wildman–Crippen LogP) is 4.64. The van der Waals surface area contributed by atoms with Crippen LogP contribution >= 0.6 is 23.4 Å². The van der Waals surface area contributed by atoms with Crippen LogP contribution in [-0.2, 0) is 0 Å². The molecule has 6 nitrogen and oxygen atoms in total. The van der Waals surface area contributed by atoms with Gasteiger partial charge in [-0.1, -0.05) is 35.5 Å². The van der Waals surface area contributed by atoms with Crippen molar-refractivity contribution in [2.75, 3.05) is 31.1 Å². The lowest BCUT2D eigenvalue weighted by atomic mass is 10.2. The van der Waals surface area contributed by atoms with Crippen LogP contribution in [0, 0.1) is 0 Å². The highest BCUT2D eigenvalue weighted by Crippen LogP contribution is 2.48. The van der Waals surface area contributed by atoms with Gasteiger partial charge in [0.25, 0.3) is 5.91 Å². The molecule has 0 atom stereocenters. The minimum absolute atomic E-state index is 0.152. The topological polar surface area (TPSA) is 69.3 Å². The summed E-state index contributed by atoms with van der Waals surface area (Å²) in [7, 11) is 0. The number of nitrogens with one attached hydrogen (secondary N) is 3. The van der Waals surface area contributed by atoms with Gasteiger partial charge >= 0.3 is 0 Å². The molecule has 8 heteroatoms. The maximum atomic E-state index is 11.9. The van der Waals surface area contributed by atoms with E-state index in [1.54, 1.807) is 36.3 Å². The first kappa shape index (κ1) is 22.6. The normalized spacial score (nSPS) is 12.2. The third-order valence-electron chi connectivity index (χ3n) is 5.12. The molecule has 0 bridgehead atoms. The number of nitrogens with zero attached hydrogens (tertiary/aromatic N) is 2. The van der Waals surface area contributed by atoms with E-state index in [0.29, 0.717) is 12.1 Å². The van der Waals surface area contributed by atoms with Crippen LogP contribution in [0.4, 0.5) is 11.4 Å². The summed E-state index contributed by atoms with van der Waals surface area (Å²) in [6, 6.07) is 18.0. The van der Waals surface area contributed by atoms with E-state index in [-0.39, 0.29) is 5.91 Å². The zero-order chi connectivity index (χ0) is 22.2. The number of para-hydroxylation sites is 1. The molecule has 1 amide bonds. The summed E-state index contributed by atoms with van der Waals surface area (Å²) in [6.07, 6.45) is 5.14. The summed E-state index contributed by atoms with van der Waals surface area (Å²) in [5.74, 6) is -0.152. The number of aromatic nitrogens is 1. The molecule has 0 aliphatic carbocycles. The SMILES string of the molecule is O=C(NNCCCNCCCN1c2ccccc2Sc2ccc(Cl)cc21)c1ccncc1. The summed E-state index contributed by atoms with van der Waals surface area (Å²) in [5.41, 5.74) is 8.68.